The number of nitrogens with zero attached hydrogens (tertiary/aromatic N) is 2. The number of carbonyl (C=O) groups is 1. The zero-order valence-electron chi connectivity index (χ0n) is 15.5. The molecule has 7 nitrogen and oxygen atoms in total. The van der Waals surface area contributed by atoms with Gasteiger partial charge in [0.05, 0.1) is 6.26 Å². The smallest absolute Gasteiger partial charge is 0.251 e. The number of benzene rings is 2. The van der Waals surface area contributed by atoms with Crippen LogP contribution >= 0.6 is 0 Å². The van der Waals surface area contributed by atoms with Crippen LogP contribution in [0, 0.1) is 0 Å². The third-order valence-corrected chi connectivity index (χ3v) is 3.90. The summed E-state index contributed by atoms with van der Waals surface area (Å²) in [5, 5.41) is 6.70. The van der Waals surface area contributed by atoms with E-state index in [9.17, 15) is 4.79 Å². The summed E-state index contributed by atoms with van der Waals surface area (Å²) < 4.78 is 16.3. The molecule has 0 saturated heterocycles. The number of hydrogen-bond donors (Lipinski definition) is 1. The van der Waals surface area contributed by atoms with E-state index in [2.05, 4.69) is 15.5 Å². The van der Waals surface area contributed by atoms with Crippen molar-refractivity contribution >= 4 is 23.7 Å². The Balaban J connectivity index is 1.41. The number of anilines is 1. The largest absolute Gasteiger partial charge is 0.465 e. The Morgan fingerprint density at radius 3 is 2.38 bits per heavy atom. The van der Waals surface area contributed by atoms with Crippen molar-refractivity contribution in [3.05, 3.63) is 78.6 Å². The Morgan fingerprint density at radius 1 is 1.00 bits per heavy atom. The summed E-state index contributed by atoms with van der Waals surface area (Å²) in [5.74, 6) is 2.79. The second kappa shape index (κ2) is 8.26. The van der Waals surface area contributed by atoms with Crippen LogP contribution < -0.4 is 10.1 Å². The van der Waals surface area contributed by atoms with Crippen molar-refractivity contribution in [2.24, 2.45) is 0 Å². The van der Waals surface area contributed by atoms with E-state index < -0.39 is 0 Å². The quantitative estimate of drug-likeness (QED) is 0.486. The Morgan fingerprint density at radius 2 is 1.72 bits per heavy atom. The Hall–Kier alpha value is -4.13. The van der Waals surface area contributed by atoms with Crippen molar-refractivity contribution in [2.75, 3.05) is 5.32 Å². The molecule has 29 heavy (non-hydrogen) atoms. The highest BCUT2D eigenvalue weighted by Crippen LogP contribution is 2.26. The van der Waals surface area contributed by atoms with Crippen LogP contribution in [0.1, 0.15) is 18.6 Å². The van der Waals surface area contributed by atoms with E-state index in [4.69, 9.17) is 13.7 Å². The minimum Gasteiger partial charge on any atom is -0.465 e. The molecule has 2 heterocycles. The van der Waals surface area contributed by atoms with Gasteiger partial charge in [-0.05, 0) is 66.7 Å². The highest BCUT2D eigenvalue weighted by Gasteiger charge is 2.07. The molecule has 4 rings (SSSR count). The second-order valence-electron chi connectivity index (χ2n) is 6.14. The summed E-state index contributed by atoms with van der Waals surface area (Å²) in [5.41, 5.74) is 1.52. The summed E-state index contributed by atoms with van der Waals surface area (Å²) >= 11 is 0. The van der Waals surface area contributed by atoms with Crippen molar-refractivity contribution in [3.63, 3.8) is 0 Å². The van der Waals surface area contributed by atoms with Gasteiger partial charge in [0.15, 0.2) is 0 Å². The van der Waals surface area contributed by atoms with Crippen LogP contribution in [0.5, 0.6) is 11.5 Å². The molecule has 0 aliphatic heterocycles. The van der Waals surface area contributed by atoms with Crippen LogP contribution in [-0.4, -0.2) is 16.0 Å². The minimum absolute atomic E-state index is 0.115. The van der Waals surface area contributed by atoms with Crippen LogP contribution in [0.4, 0.5) is 5.69 Å². The first-order chi connectivity index (χ1) is 14.2. The fourth-order valence-electron chi connectivity index (χ4n) is 2.58. The molecule has 7 heteroatoms. The lowest BCUT2D eigenvalue weighted by Crippen LogP contribution is -2.05. The molecule has 2 aromatic carbocycles. The maximum Gasteiger partial charge on any atom is 0.251 e. The molecule has 1 amide bonds. The molecule has 144 valence electrons. The molecular weight excluding hydrogens is 370 g/mol. The molecule has 0 fully saturated rings. The maximum absolute atomic E-state index is 11.1. The number of aromatic nitrogens is 2. The van der Waals surface area contributed by atoms with Crippen LogP contribution in [0.25, 0.3) is 23.5 Å². The SMILES string of the molecule is CC(=O)Nc1ccc(Oc2ccc(-c3noc(C=Cc4ccco4)n3)cc2)cc1. The topological polar surface area (TPSA) is 90.4 Å². The van der Waals surface area contributed by atoms with E-state index >= 15 is 0 Å². The van der Waals surface area contributed by atoms with Crippen LogP contribution in [-0.2, 0) is 4.79 Å². The second-order valence-corrected chi connectivity index (χ2v) is 6.14. The third kappa shape index (κ3) is 4.78. The molecule has 0 saturated carbocycles. The fraction of sp³-hybridized carbons (Fsp3) is 0.0455. The number of nitrogens with one attached hydrogen (secondary N) is 1. The lowest BCUT2D eigenvalue weighted by Gasteiger charge is -2.07. The molecular formula is C22H17N3O4. The Labute approximate surface area is 166 Å². The number of rotatable bonds is 6. The summed E-state index contributed by atoms with van der Waals surface area (Å²) in [6.07, 6.45) is 5.04. The summed E-state index contributed by atoms with van der Waals surface area (Å²) in [6.45, 7) is 1.47. The van der Waals surface area contributed by atoms with Crippen LogP contribution in [0.2, 0.25) is 0 Å². The first-order valence-electron chi connectivity index (χ1n) is 8.87. The molecule has 0 aliphatic rings. The van der Waals surface area contributed by atoms with Crippen molar-refractivity contribution in [1.82, 2.24) is 10.1 Å². The lowest BCUT2D eigenvalue weighted by atomic mass is 10.2. The van der Waals surface area contributed by atoms with Gasteiger partial charge in [-0.3, -0.25) is 4.79 Å². The first-order valence-corrected chi connectivity index (χ1v) is 8.87. The Kier molecular flexibility index (Phi) is 5.20. The van der Waals surface area contributed by atoms with Crippen molar-refractivity contribution in [3.8, 4) is 22.9 Å². The highest BCUT2D eigenvalue weighted by molar-refractivity contribution is 5.88. The number of furan rings is 1. The van der Waals surface area contributed by atoms with Gasteiger partial charge in [-0.25, -0.2) is 0 Å². The molecule has 0 radical (unpaired) electrons. The monoisotopic (exact) mass is 387 g/mol. The van der Waals surface area contributed by atoms with E-state index in [0.717, 1.165) is 5.56 Å². The van der Waals surface area contributed by atoms with E-state index in [1.54, 1.807) is 48.7 Å². The van der Waals surface area contributed by atoms with E-state index in [1.807, 2.05) is 30.3 Å². The van der Waals surface area contributed by atoms with Crippen molar-refractivity contribution in [2.45, 2.75) is 6.92 Å². The van der Waals surface area contributed by atoms with Gasteiger partial charge < -0.3 is 19.0 Å². The normalized spacial score (nSPS) is 10.9. The zero-order chi connectivity index (χ0) is 20.1. The summed E-state index contributed by atoms with van der Waals surface area (Å²) in [4.78, 5) is 15.4. The number of hydrogen-bond acceptors (Lipinski definition) is 6. The molecule has 2 aromatic heterocycles. The van der Waals surface area contributed by atoms with Gasteiger partial charge >= 0.3 is 0 Å². The van der Waals surface area contributed by atoms with E-state index in [-0.39, 0.29) is 5.91 Å². The Bertz CT molecular complexity index is 1110. The first kappa shape index (κ1) is 18.2. The van der Waals surface area contributed by atoms with Gasteiger partial charge in [-0.15, -0.1) is 0 Å². The molecule has 0 bridgehead atoms. The van der Waals surface area contributed by atoms with Gasteiger partial charge in [-0.1, -0.05) is 5.16 Å². The summed E-state index contributed by atoms with van der Waals surface area (Å²) in [7, 11) is 0. The number of carbonyl (C=O) groups excluding carboxylic acids is 1. The molecule has 0 aliphatic carbocycles. The predicted molar refractivity (Wildman–Crippen MR) is 108 cm³/mol. The highest BCUT2D eigenvalue weighted by atomic mass is 16.5. The zero-order valence-corrected chi connectivity index (χ0v) is 15.5. The van der Waals surface area contributed by atoms with Crippen LogP contribution in [0.3, 0.4) is 0 Å². The maximum atomic E-state index is 11.1. The minimum atomic E-state index is -0.115. The molecule has 0 spiro atoms. The average Bonchev–Trinajstić information content (AvgIpc) is 3.40. The van der Waals surface area contributed by atoms with Gasteiger partial charge in [0, 0.05) is 24.3 Å². The average molecular weight is 387 g/mol. The van der Waals surface area contributed by atoms with Crippen LogP contribution in [0.15, 0.2) is 75.9 Å². The third-order valence-electron chi connectivity index (χ3n) is 3.90. The lowest BCUT2D eigenvalue weighted by molar-refractivity contribution is -0.114. The summed E-state index contributed by atoms with van der Waals surface area (Å²) in [6, 6.07) is 18.1. The van der Waals surface area contributed by atoms with Gasteiger partial charge in [0.2, 0.25) is 11.7 Å². The van der Waals surface area contributed by atoms with Gasteiger partial charge in [-0.2, -0.15) is 4.98 Å². The van der Waals surface area contributed by atoms with E-state index in [0.29, 0.717) is 34.7 Å². The molecule has 0 atom stereocenters. The van der Waals surface area contributed by atoms with Gasteiger partial charge in [0.25, 0.3) is 5.89 Å². The van der Waals surface area contributed by atoms with Crippen molar-refractivity contribution < 1.29 is 18.5 Å². The molecule has 4 aromatic rings. The fourth-order valence-corrected chi connectivity index (χ4v) is 2.58. The standard InChI is InChI=1S/C22H17N3O4/c1-15(26)23-17-6-10-20(11-7-17)28-19-8-4-16(5-9-19)22-24-21(29-25-22)13-12-18-3-2-14-27-18/h2-14H,1H3,(H,23,26). The molecule has 1 N–H and O–H groups in total. The molecule has 0 unspecified atom stereocenters. The van der Waals surface area contributed by atoms with Crippen molar-refractivity contribution in [1.29, 1.82) is 0 Å². The van der Waals surface area contributed by atoms with E-state index in [1.165, 1.54) is 6.92 Å². The number of amides is 1. The number of ether oxygens (including phenoxy) is 1. The van der Waals surface area contributed by atoms with Gasteiger partial charge in [0.1, 0.15) is 17.3 Å². The predicted octanol–water partition coefficient (Wildman–Crippen LogP) is 5.25.